The van der Waals surface area contributed by atoms with Gasteiger partial charge in [0.05, 0.1) is 5.69 Å². The predicted octanol–water partition coefficient (Wildman–Crippen LogP) is 4.10. The topological polar surface area (TPSA) is 63.7 Å². The zero-order valence-corrected chi connectivity index (χ0v) is 17.5. The number of piperidine rings is 1. The number of nitrogens with zero attached hydrogens (tertiary/aromatic N) is 2. The van der Waals surface area contributed by atoms with Gasteiger partial charge in [0, 0.05) is 19.6 Å². The lowest BCUT2D eigenvalue weighted by atomic mass is 9.77. The maximum atomic E-state index is 13.2. The lowest BCUT2D eigenvalue weighted by Gasteiger charge is -2.40. The molecule has 1 saturated heterocycles. The van der Waals surface area contributed by atoms with Crippen molar-refractivity contribution in [3.63, 3.8) is 0 Å². The number of carbonyl (C=O) groups excluding carboxylic acids is 1. The third-order valence-electron chi connectivity index (χ3n) is 5.45. The average Bonchev–Trinajstić information content (AvgIpc) is 3.27. The van der Waals surface area contributed by atoms with E-state index in [1.165, 1.54) is 16.9 Å². The fraction of sp³-hybridized carbons (Fsp3) is 0.524. The van der Waals surface area contributed by atoms with E-state index in [0.717, 1.165) is 66.1 Å². The second-order valence-corrected chi connectivity index (χ2v) is 8.97. The van der Waals surface area contributed by atoms with Crippen LogP contribution in [0.4, 0.5) is 5.13 Å². The van der Waals surface area contributed by atoms with Gasteiger partial charge in [-0.15, -0.1) is 0 Å². The number of aryl methyl sites for hydroxylation is 1. The molecular formula is C21H27N3O3S. The average molecular weight is 402 g/mol. The highest BCUT2D eigenvalue weighted by molar-refractivity contribution is 7.17. The molecule has 0 radical (unpaired) electrons. The van der Waals surface area contributed by atoms with Crippen LogP contribution in [0.15, 0.2) is 18.2 Å². The maximum Gasteiger partial charge on any atom is 0.265 e. The number of rotatable bonds is 5. The van der Waals surface area contributed by atoms with Gasteiger partial charge in [-0.25, -0.2) is 4.98 Å². The van der Waals surface area contributed by atoms with E-state index in [1.54, 1.807) is 0 Å². The Hall–Kier alpha value is -2.28. The van der Waals surface area contributed by atoms with Crippen molar-refractivity contribution in [1.29, 1.82) is 0 Å². The molecule has 2 aliphatic rings. The van der Waals surface area contributed by atoms with Gasteiger partial charge >= 0.3 is 0 Å². The molecule has 1 aromatic carbocycles. The number of likely N-dealkylation sites (tertiary alicyclic amines) is 1. The van der Waals surface area contributed by atoms with Crippen LogP contribution in [-0.4, -0.2) is 42.2 Å². The molecule has 6 nitrogen and oxygen atoms in total. The number of nitrogens with one attached hydrogen (secondary N) is 1. The number of fused-ring (bicyclic) bond motifs is 1. The van der Waals surface area contributed by atoms with Crippen LogP contribution in [0.25, 0.3) is 0 Å². The molecule has 0 aliphatic carbocycles. The molecule has 1 fully saturated rings. The van der Waals surface area contributed by atoms with Crippen molar-refractivity contribution in [2.75, 3.05) is 31.7 Å². The smallest absolute Gasteiger partial charge is 0.265 e. The van der Waals surface area contributed by atoms with E-state index in [9.17, 15) is 4.79 Å². The third kappa shape index (κ3) is 3.81. The highest BCUT2D eigenvalue weighted by Crippen LogP contribution is 2.38. The Morgan fingerprint density at radius 1 is 1.36 bits per heavy atom. The molecule has 7 heteroatoms. The molecule has 4 rings (SSSR count). The molecule has 0 saturated carbocycles. The van der Waals surface area contributed by atoms with Crippen LogP contribution in [0, 0.1) is 12.3 Å². The van der Waals surface area contributed by atoms with Crippen LogP contribution in [0.5, 0.6) is 11.5 Å². The summed E-state index contributed by atoms with van der Waals surface area (Å²) in [5, 5.41) is 4.03. The van der Waals surface area contributed by atoms with Crippen molar-refractivity contribution >= 4 is 22.4 Å². The van der Waals surface area contributed by atoms with Crippen molar-refractivity contribution in [2.24, 2.45) is 5.41 Å². The van der Waals surface area contributed by atoms with Crippen molar-refractivity contribution in [1.82, 2.24) is 9.88 Å². The lowest BCUT2D eigenvalue weighted by molar-refractivity contribution is 0.0554. The van der Waals surface area contributed by atoms with Crippen LogP contribution in [0.2, 0.25) is 0 Å². The highest BCUT2D eigenvalue weighted by Gasteiger charge is 2.35. The molecule has 1 amide bonds. The van der Waals surface area contributed by atoms with E-state index in [-0.39, 0.29) is 11.3 Å². The monoisotopic (exact) mass is 401 g/mol. The summed E-state index contributed by atoms with van der Waals surface area (Å²) in [6.45, 7) is 8.89. The standard InChI is InChI=1S/C21H27N3O3S/c1-4-22-20-23-14(2)18(28-20)19(25)24-9-5-8-21(3,12-24)11-15-6-7-16-17(10-15)27-13-26-16/h6-7,10H,4-5,8-9,11-13H2,1-3H3,(H,22,23)/t21-/m0/s1. The Bertz CT molecular complexity index is 882. The number of carbonyl (C=O) groups is 1. The second kappa shape index (κ2) is 7.62. The van der Waals surface area contributed by atoms with Crippen molar-refractivity contribution in [3.05, 3.63) is 34.3 Å². The SMILES string of the molecule is CCNc1nc(C)c(C(=O)N2CCC[C@@](C)(Cc3ccc4c(c3)OCO4)C2)s1. The van der Waals surface area contributed by atoms with E-state index in [1.807, 2.05) is 24.8 Å². The van der Waals surface area contributed by atoms with Gasteiger partial charge in [0.25, 0.3) is 5.91 Å². The van der Waals surface area contributed by atoms with Gasteiger partial charge in [-0.3, -0.25) is 4.79 Å². The van der Waals surface area contributed by atoms with Crippen molar-refractivity contribution in [3.8, 4) is 11.5 Å². The van der Waals surface area contributed by atoms with Crippen LogP contribution in [0.3, 0.4) is 0 Å². The summed E-state index contributed by atoms with van der Waals surface area (Å²) in [6, 6.07) is 6.16. The molecule has 28 heavy (non-hydrogen) atoms. The quantitative estimate of drug-likeness (QED) is 0.817. The van der Waals surface area contributed by atoms with Crippen molar-refractivity contribution < 1.29 is 14.3 Å². The number of hydrogen-bond acceptors (Lipinski definition) is 6. The van der Waals surface area contributed by atoms with E-state index in [4.69, 9.17) is 9.47 Å². The van der Waals surface area contributed by atoms with Gasteiger partial charge in [-0.05, 0) is 56.2 Å². The zero-order valence-electron chi connectivity index (χ0n) is 16.7. The lowest BCUT2D eigenvalue weighted by Crippen LogP contribution is -2.45. The van der Waals surface area contributed by atoms with Crippen LogP contribution in [-0.2, 0) is 6.42 Å². The van der Waals surface area contributed by atoms with E-state index >= 15 is 0 Å². The molecule has 3 heterocycles. The molecule has 0 spiro atoms. The Labute approximate surface area is 169 Å². The summed E-state index contributed by atoms with van der Waals surface area (Å²) in [4.78, 5) is 20.4. The first kappa shape index (κ1) is 19.1. The Morgan fingerprint density at radius 2 is 2.18 bits per heavy atom. The summed E-state index contributed by atoms with van der Waals surface area (Å²) in [5.41, 5.74) is 2.09. The molecule has 150 valence electrons. The zero-order chi connectivity index (χ0) is 19.7. The number of anilines is 1. The molecule has 1 N–H and O–H groups in total. The number of thiazole rings is 1. The largest absolute Gasteiger partial charge is 0.454 e. The first-order valence-electron chi connectivity index (χ1n) is 9.86. The molecule has 1 aromatic heterocycles. The van der Waals surface area contributed by atoms with Gasteiger partial charge in [-0.2, -0.15) is 0 Å². The molecular weight excluding hydrogens is 374 g/mol. The minimum absolute atomic E-state index is 0.0463. The summed E-state index contributed by atoms with van der Waals surface area (Å²) < 4.78 is 10.9. The summed E-state index contributed by atoms with van der Waals surface area (Å²) in [7, 11) is 0. The van der Waals surface area contributed by atoms with Crippen molar-refractivity contribution in [2.45, 2.75) is 40.0 Å². The van der Waals surface area contributed by atoms with E-state index in [0.29, 0.717) is 6.79 Å². The van der Waals surface area contributed by atoms with Gasteiger partial charge < -0.3 is 19.7 Å². The number of hydrogen-bond donors (Lipinski definition) is 1. The van der Waals surface area contributed by atoms with E-state index in [2.05, 4.69) is 29.4 Å². The van der Waals surface area contributed by atoms with Gasteiger partial charge in [-0.1, -0.05) is 24.3 Å². The van der Waals surface area contributed by atoms with Crippen LogP contribution >= 0.6 is 11.3 Å². The summed E-state index contributed by atoms with van der Waals surface area (Å²) in [6.07, 6.45) is 3.04. The highest BCUT2D eigenvalue weighted by atomic mass is 32.1. The molecule has 0 bridgehead atoms. The Balaban J connectivity index is 1.48. The number of benzene rings is 1. The third-order valence-corrected chi connectivity index (χ3v) is 6.56. The van der Waals surface area contributed by atoms with Gasteiger partial charge in [0.2, 0.25) is 6.79 Å². The summed E-state index contributed by atoms with van der Waals surface area (Å²) >= 11 is 1.46. The molecule has 2 aliphatic heterocycles. The summed E-state index contributed by atoms with van der Waals surface area (Å²) in [5.74, 6) is 1.74. The van der Waals surface area contributed by atoms with Gasteiger partial charge in [0.15, 0.2) is 16.6 Å². The van der Waals surface area contributed by atoms with Crippen LogP contribution in [0.1, 0.15) is 47.6 Å². The number of aromatic nitrogens is 1. The minimum atomic E-state index is 0.0463. The normalized spacial score (nSPS) is 21.0. The minimum Gasteiger partial charge on any atom is -0.454 e. The Morgan fingerprint density at radius 3 is 3.00 bits per heavy atom. The molecule has 0 unspecified atom stereocenters. The van der Waals surface area contributed by atoms with Crippen LogP contribution < -0.4 is 14.8 Å². The first-order valence-corrected chi connectivity index (χ1v) is 10.7. The number of ether oxygens (including phenoxy) is 2. The number of amides is 1. The maximum absolute atomic E-state index is 13.2. The van der Waals surface area contributed by atoms with E-state index < -0.39 is 0 Å². The second-order valence-electron chi connectivity index (χ2n) is 7.97. The fourth-order valence-electron chi connectivity index (χ4n) is 4.14. The van der Waals surface area contributed by atoms with Gasteiger partial charge in [0.1, 0.15) is 4.88 Å². The Kier molecular flexibility index (Phi) is 5.19. The fourth-order valence-corrected chi connectivity index (χ4v) is 5.14. The molecule has 2 aromatic rings. The first-order chi connectivity index (χ1) is 13.5. The molecule has 1 atom stereocenters. The predicted molar refractivity (Wildman–Crippen MR) is 111 cm³/mol.